The van der Waals surface area contributed by atoms with Crippen LogP contribution in [0, 0.1) is 0 Å². The third-order valence-corrected chi connectivity index (χ3v) is 3.88. The number of carboxylic acids is 1. The van der Waals surface area contributed by atoms with Gasteiger partial charge in [0, 0.05) is 10.8 Å². The monoisotopic (exact) mass is 344 g/mol. The molecule has 0 radical (unpaired) electrons. The van der Waals surface area contributed by atoms with E-state index in [-0.39, 0.29) is 17.1 Å². The number of rotatable bonds is 3. The molecule has 126 valence electrons. The SMILES string of the molecule is O=C(O)c1nc2ccccc2c(O)c1/N=N/c1cnc2ccccc2c1. The summed E-state index contributed by atoms with van der Waals surface area (Å²) < 4.78 is 0. The number of fused-ring (bicyclic) bond motifs is 2. The largest absolute Gasteiger partial charge is 0.505 e. The Morgan fingerprint density at radius 3 is 2.50 bits per heavy atom. The predicted octanol–water partition coefficient (Wildman–Crippen LogP) is 4.60. The van der Waals surface area contributed by atoms with Crippen molar-refractivity contribution in [1.82, 2.24) is 9.97 Å². The van der Waals surface area contributed by atoms with Gasteiger partial charge in [-0.2, -0.15) is 0 Å². The van der Waals surface area contributed by atoms with E-state index < -0.39 is 5.97 Å². The Labute approximate surface area is 147 Å². The molecule has 0 fully saturated rings. The van der Waals surface area contributed by atoms with Crippen molar-refractivity contribution in [3.8, 4) is 5.75 Å². The standard InChI is InChI=1S/C19H12N4O3/c24-18-13-6-2-4-8-15(13)21-17(19(25)26)16(18)23-22-12-9-11-5-1-3-7-14(11)20-10-12/h1-10H,(H,21,24)(H,25,26)/b23-22+. The molecule has 0 amide bonds. The molecule has 0 spiro atoms. The molecule has 2 heterocycles. The fraction of sp³-hybridized carbons (Fsp3) is 0. The van der Waals surface area contributed by atoms with Gasteiger partial charge in [0.15, 0.2) is 17.1 Å². The summed E-state index contributed by atoms with van der Waals surface area (Å²) in [4.78, 5) is 19.9. The van der Waals surface area contributed by atoms with Crippen LogP contribution in [-0.2, 0) is 0 Å². The molecule has 2 N–H and O–H groups in total. The van der Waals surface area contributed by atoms with Crippen molar-refractivity contribution >= 4 is 39.1 Å². The van der Waals surface area contributed by atoms with Gasteiger partial charge in [0.2, 0.25) is 0 Å². The number of aromatic carboxylic acids is 1. The van der Waals surface area contributed by atoms with Crippen molar-refractivity contribution in [2.45, 2.75) is 0 Å². The molecule has 0 saturated carbocycles. The zero-order valence-corrected chi connectivity index (χ0v) is 13.4. The number of aromatic nitrogens is 2. The first-order valence-corrected chi connectivity index (χ1v) is 7.75. The van der Waals surface area contributed by atoms with Gasteiger partial charge in [-0.15, -0.1) is 10.2 Å². The van der Waals surface area contributed by atoms with E-state index in [1.165, 1.54) is 6.20 Å². The number of para-hydroxylation sites is 2. The number of aromatic hydroxyl groups is 1. The maximum Gasteiger partial charge on any atom is 0.357 e. The molecule has 7 nitrogen and oxygen atoms in total. The highest BCUT2D eigenvalue weighted by Gasteiger charge is 2.19. The second kappa shape index (κ2) is 6.21. The Kier molecular flexibility index (Phi) is 3.74. The van der Waals surface area contributed by atoms with Crippen LogP contribution in [0.2, 0.25) is 0 Å². The number of pyridine rings is 2. The van der Waals surface area contributed by atoms with Crippen LogP contribution >= 0.6 is 0 Å². The topological polar surface area (TPSA) is 108 Å². The van der Waals surface area contributed by atoms with Gasteiger partial charge in [-0.1, -0.05) is 30.3 Å². The highest BCUT2D eigenvalue weighted by molar-refractivity contribution is 6.00. The number of carbonyl (C=O) groups is 1. The smallest absolute Gasteiger partial charge is 0.357 e. The second-order valence-electron chi connectivity index (χ2n) is 5.57. The molecule has 0 aliphatic rings. The lowest BCUT2D eigenvalue weighted by Crippen LogP contribution is -2.01. The van der Waals surface area contributed by atoms with Crippen LogP contribution in [0.15, 0.2) is 71.0 Å². The zero-order valence-electron chi connectivity index (χ0n) is 13.4. The molecule has 0 bridgehead atoms. The quantitative estimate of drug-likeness (QED) is 0.528. The Balaban J connectivity index is 1.84. The first-order valence-electron chi connectivity index (χ1n) is 7.75. The predicted molar refractivity (Wildman–Crippen MR) is 96.3 cm³/mol. The number of nitrogens with zero attached hydrogens (tertiary/aromatic N) is 4. The summed E-state index contributed by atoms with van der Waals surface area (Å²) in [5, 5.41) is 29.1. The Morgan fingerprint density at radius 2 is 1.69 bits per heavy atom. The van der Waals surface area contributed by atoms with Crippen LogP contribution in [0.25, 0.3) is 21.8 Å². The van der Waals surface area contributed by atoms with E-state index in [1.807, 2.05) is 24.3 Å². The summed E-state index contributed by atoms with van der Waals surface area (Å²) in [6, 6.07) is 16.0. The van der Waals surface area contributed by atoms with E-state index in [4.69, 9.17) is 0 Å². The molecular formula is C19H12N4O3. The van der Waals surface area contributed by atoms with Crippen molar-refractivity contribution in [2.75, 3.05) is 0 Å². The van der Waals surface area contributed by atoms with E-state index in [0.29, 0.717) is 16.6 Å². The number of azo groups is 1. The summed E-state index contributed by atoms with van der Waals surface area (Å²) >= 11 is 0. The van der Waals surface area contributed by atoms with Crippen LogP contribution in [0.3, 0.4) is 0 Å². The van der Waals surface area contributed by atoms with E-state index >= 15 is 0 Å². The first-order chi connectivity index (χ1) is 12.6. The number of hydrogen-bond donors (Lipinski definition) is 2. The lowest BCUT2D eigenvalue weighted by Gasteiger charge is -2.06. The van der Waals surface area contributed by atoms with Crippen molar-refractivity contribution < 1.29 is 15.0 Å². The molecule has 7 heteroatoms. The molecule has 0 unspecified atom stereocenters. The number of hydrogen-bond acceptors (Lipinski definition) is 6. The van der Waals surface area contributed by atoms with Gasteiger partial charge in [-0.3, -0.25) is 4.98 Å². The van der Waals surface area contributed by atoms with Gasteiger partial charge in [-0.25, -0.2) is 9.78 Å². The van der Waals surface area contributed by atoms with Crippen LogP contribution < -0.4 is 0 Å². The average Bonchev–Trinajstić information content (AvgIpc) is 2.67. The van der Waals surface area contributed by atoms with Gasteiger partial charge in [-0.05, 0) is 24.3 Å². The molecule has 0 aliphatic heterocycles. The fourth-order valence-electron chi connectivity index (χ4n) is 2.65. The summed E-state index contributed by atoms with van der Waals surface area (Å²) in [6.45, 7) is 0. The third kappa shape index (κ3) is 2.71. The van der Waals surface area contributed by atoms with Crippen LogP contribution in [-0.4, -0.2) is 26.2 Å². The first kappa shape index (κ1) is 15.6. The molecule has 2 aromatic heterocycles. The molecule has 4 aromatic rings. The van der Waals surface area contributed by atoms with E-state index in [2.05, 4.69) is 20.2 Å². The minimum atomic E-state index is -1.29. The highest BCUT2D eigenvalue weighted by atomic mass is 16.4. The molecule has 0 saturated heterocycles. The molecule has 0 atom stereocenters. The van der Waals surface area contributed by atoms with Gasteiger partial charge >= 0.3 is 5.97 Å². The number of benzene rings is 2. The summed E-state index contributed by atoms with van der Waals surface area (Å²) in [6.07, 6.45) is 1.53. The summed E-state index contributed by atoms with van der Waals surface area (Å²) in [5.74, 6) is -1.57. The maximum atomic E-state index is 11.5. The van der Waals surface area contributed by atoms with Gasteiger partial charge in [0.25, 0.3) is 0 Å². The van der Waals surface area contributed by atoms with Gasteiger partial charge in [0.05, 0.1) is 17.2 Å². The van der Waals surface area contributed by atoms with Gasteiger partial charge < -0.3 is 10.2 Å². The van der Waals surface area contributed by atoms with E-state index in [1.54, 1.807) is 30.3 Å². The number of carboxylic acid groups (broad SMARTS) is 1. The fourth-order valence-corrected chi connectivity index (χ4v) is 2.65. The van der Waals surface area contributed by atoms with Crippen molar-refractivity contribution in [3.05, 3.63) is 66.5 Å². The maximum absolute atomic E-state index is 11.5. The third-order valence-electron chi connectivity index (χ3n) is 3.88. The Hall–Kier alpha value is -3.87. The van der Waals surface area contributed by atoms with Crippen molar-refractivity contribution in [3.63, 3.8) is 0 Å². The van der Waals surface area contributed by atoms with E-state index in [0.717, 1.165) is 10.9 Å². The van der Waals surface area contributed by atoms with Crippen molar-refractivity contribution in [2.24, 2.45) is 10.2 Å². The summed E-state index contributed by atoms with van der Waals surface area (Å²) in [5.41, 5.74) is 1.07. The highest BCUT2D eigenvalue weighted by Crippen LogP contribution is 2.37. The normalized spacial score (nSPS) is 11.4. The van der Waals surface area contributed by atoms with Crippen LogP contribution in [0.4, 0.5) is 11.4 Å². The molecule has 2 aromatic carbocycles. The van der Waals surface area contributed by atoms with E-state index in [9.17, 15) is 15.0 Å². The minimum absolute atomic E-state index is 0.190. The Morgan fingerprint density at radius 1 is 0.962 bits per heavy atom. The molecule has 0 aliphatic carbocycles. The molecule has 4 rings (SSSR count). The van der Waals surface area contributed by atoms with Crippen molar-refractivity contribution in [1.29, 1.82) is 0 Å². The Bertz CT molecular complexity index is 1190. The minimum Gasteiger partial charge on any atom is -0.505 e. The summed E-state index contributed by atoms with van der Waals surface area (Å²) in [7, 11) is 0. The lowest BCUT2D eigenvalue weighted by atomic mass is 10.1. The van der Waals surface area contributed by atoms with Gasteiger partial charge in [0.1, 0.15) is 5.69 Å². The second-order valence-corrected chi connectivity index (χ2v) is 5.57. The molecular weight excluding hydrogens is 332 g/mol. The zero-order chi connectivity index (χ0) is 18.1. The van der Waals surface area contributed by atoms with Crippen LogP contribution in [0.1, 0.15) is 10.5 Å². The lowest BCUT2D eigenvalue weighted by molar-refractivity contribution is 0.0691. The molecule has 26 heavy (non-hydrogen) atoms. The average molecular weight is 344 g/mol. The van der Waals surface area contributed by atoms with Crippen LogP contribution in [0.5, 0.6) is 5.75 Å².